The first-order chi connectivity index (χ1) is 13.3. The number of sulfonamides is 1. The minimum atomic E-state index is -3.56. The molecule has 0 aliphatic carbocycles. The van der Waals surface area contributed by atoms with Crippen LogP contribution in [0.2, 0.25) is 0 Å². The number of ether oxygens (including phenoxy) is 1. The van der Waals surface area contributed by atoms with Gasteiger partial charge >= 0.3 is 5.97 Å². The summed E-state index contributed by atoms with van der Waals surface area (Å²) >= 11 is 1.26. The fourth-order valence-corrected chi connectivity index (χ4v) is 6.89. The van der Waals surface area contributed by atoms with Crippen LogP contribution in [0.25, 0.3) is 0 Å². The Balaban J connectivity index is 1.66. The third-order valence-corrected chi connectivity index (χ3v) is 8.73. The first-order valence-corrected chi connectivity index (χ1v) is 12.1. The third kappa shape index (κ3) is 4.58. The van der Waals surface area contributed by atoms with Crippen molar-refractivity contribution < 1.29 is 22.7 Å². The molecule has 2 atom stereocenters. The summed E-state index contributed by atoms with van der Waals surface area (Å²) in [6.07, 6.45) is 2.83. The zero-order valence-corrected chi connectivity index (χ0v) is 18.1. The Morgan fingerprint density at radius 2 is 1.86 bits per heavy atom. The largest absolute Gasteiger partial charge is 0.466 e. The number of esters is 1. The second-order valence-corrected chi connectivity index (χ2v) is 10.9. The van der Waals surface area contributed by atoms with Gasteiger partial charge in [-0.1, -0.05) is 0 Å². The van der Waals surface area contributed by atoms with E-state index in [-0.39, 0.29) is 30.3 Å². The van der Waals surface area contributed by atoms with Crippen molar-refractivity contribution in [3.8, 4) is 0 Å². The molecule has 3 rings (SSSR count). The van der Waals surface area contributed by atoms with Crippen LogP contribution in [0.4, 0.5) is 0 Å². The maximum atomic E-state index is 13.0. The molecule has 2 aliphatic rings. The number of hydrogen-bond acceptors (Lipinski definition) is 6. The number of rotatable bonds is 5. The Morgan fingerprint density at radius 3 is 2.54 bits per heavy atom. The maximum Gasteiger partial charge on any atom is 0.310 e. The van der Waals surface area contributed by atoms with E-state index < -0.39 is 10.0 Å². The zero-order valence-electron chi connectivity index (χ0n) is 16.4. The van der Waals surface area contributed by atoms with Gasteiger partial charge in [0.25, 0.3) is 10.0 Å². The van der Waals surface area contributed by atoms with E-state index in [1.807, 2.05) is 6.92 Å². The van der Waals surface area contributed by atoms with Crippen LogP contribution >= 0.6 is 11.3 Å². The van der Waals surface area contributed by atoms with Gasteiger partial charge in [0.05, 0.1) is 18.4 Å². The Hall–Kier alpha value is -1.45. The van der Waals surface area contributed by atoms with Crippen LogP contribution in [0, 0.1) is 18.8 Å². The molecule has 3 heterocycles. The smallest absolute Gasteiger partial charge is 0.310 e. The van der Waals surface area contributed by atoms with Crippen molar-refractivity contribution in [2.24, 2.45) is 11.8 Å². The van der Waals surface area contributed by atoms with Crippen LogP contribution in [0.5, 0.6) is 0 Å². The molecule has 2 saturated heterocycles. The Kier molecular flexibility index (Phi) is 6.77. The van der Waals surface area contributed by atoms with E-state index >= 15 is 0 Å². The van der Waals surface area contributed by atoms with Crippen LogP contribution in [-0.4, -0.2) is 62.3 Å². The first kappa shape index (κ1) is 21.3. The molecule has 1 aromatic rings. The highest BCUT2D eigenvalue weighted by molar-refractivity contribution is 7.91. The molecule has 2 aliphatic heterocycles. The molecule has 2 fully saturated rings. The summed E-state index contributed by atoms with van der Waals surface area (Å²) in [5.74, 6) is -0.933. The summed E-state index contributed by atoms with van der Waals surface area (Å²) in [6.45, 7) is 5.61. The highest BCUT2D eigenvalue weighted by Crippen LogP contribution is 2.29. The number of carbonyl (C=O) groups excluding carboxylic acids is 2. The molecule has 0 bridgehead atoms. The average Bonchev–Trinajstić information content (AvgIpc) is 3.15. The average molecular weight is 429 g/mol. The van der Waals surface area contributed by atoms with E-state index in [9.17, 15) is 18.0 Å². The Bertz CT molecular complexity index is 820. The van der Waals surface area contributed by atoms with Crippen LogP contribution in [-0.2, 0) is 24.3 Å². The molecule has 0 N–H and O–H groups in total. The standard InChI is InChI=1S/C19H28N2O5S2/c1-3-26-19(23)16-7-4-10-20(12-16)18(22)15-6-5-11-21(13-15)28(24,25)17-9-8-14(2)27-17/h8-9,15-16H,3-7,10-13H2,1-2H3/t15-,16-/m0/s1. The lowest BCUT2D eigenvalue weighted by Gasteiger charge is -2.37. The van der Waals surface area contributed by atoms with Crippen molar-refractivity contribution in [1.29, 1.82) is 0 Å². The molecule has 0 aromatic carbocycles. The maximum absolute atomic E-state index is 13.0. The number of aryl methyl sites for hydroxylation is 1. The van der Waals surface area contributed by atoms with Crippen LogP contribution in [0.15, 0.2) is 16.3 Å². The number of piperidine rings is 2. The van der Waals surface area contributed by atoms with E-state index in [1.54, 1.807) is 24.0 Å². The van der Waals surface area contributed by atoms with Gasteiger partial charge in [0, 0.05) is 31.1 Å². The van der Waals surface area contributed by atoms with Crippen LogP contribution < -0.4 is 0 Å². The van der Waals surface area contributed by atoms with Crippen molar-refractivity contribution in [3.63, 3.8) is 0 Å². The lowest BCUT2D eigenvalue weighted by molar-refractivity contribution is -0.152. The van der Waals surface area contributed by atoms with E-state index in [4.69, 9.17) is 4.74 Å². The predicted octanol–water partition coefficient (Wildman–Crippen LogP) is 2.26. The number of nitrogens with zero attached hydrogens (tertiary/aromatic N) is 2. The molecule has 0 spiro atoms. The molecular weight excluding hydrogens is 400 g/mol. The summed E-state index contributed by atoms with van der Waals surface area (Å²) in [5, 5.41) is 0. The summed E-state index contributed by atoms with van der Waals surface area (Å²) in [7, 11) is -3.56. The van der Waals surface area contributed by atoms with Gasteiger partial charge in [-0.25, -0.2) is 8.42 Å². The molecule has 28 heavy (non-hydrogen) atoms. The number of likely N-dealkylation sites (tertiary alicyclic amines) is 1. The van der Waals surface area contributed by atoms with Crippen molar-refractivity contribution in [2.75, 3.05) is 32.8 Å². The Morgan fingerprint density at radius 1 is 1.14 bits per heavy atom. The first-order valence-electron chi connectivity index (χ1n) is 9.85. The molecule has 0 radical (unpaired) electrons. The van der Waals surface area contributed by atoms with Gasteiger partial charge < -0.3 is 9.64 Å². The molecule has 0 saturated carbocycles. The van der Waals surface area contributed by atoms with E-state index in [0.717, 1.165) is 17.7 Å². The second-order valence-electron chi connectivity index (χ2n) is 7.44. The topological polar surface area (TPSA) is 84.0 Å². The van der Waals surface area contributed by atoms with E-state index in [1.165, 1.54) is 15.6 Å². The van der Waals surface area contributed by atoms with Crippen LogP contribution in [0.3, 0.4) is 0 Å². The fraction of sp³-hybridized carbons (Fsp3) is 0.684. The van der Waals surface area contributed by atoms with Gasteiger partial charge in [-0.05, 0) is 51.7 Å². The van der Waals surface area contributed by atoms with Gasteiger partial charge in [0.1, 0.15) is 4.21 Å². The molecule has 1 amide bonds. The number of carbonyl (C=O) groups is 2. The van der Waals surface area contributed by atoms with Crippen LogP contribution in [0.1, 0.15) is 37.5 Å². The van der Waals surface area contributed by atoms with E-state index in [2.05, 4.69) is 0 Å². The molecule has 0 unspecified atom stereocenters. The predicted molar refractivity (Wildman–Crippen MR) is 106 cm³/mol. The zero-order chi connectivity index (χ0) is 20.3. The van der Waals surface area contributed by atoms with E-state index in [0.29, 0.717) is 43.3 Å². The summed E-state index contributed by atoms with van der Waals surface area (Å²) in [6, 6.07) is 3.43. The molecule has 9 heteroatoms. The minimum absolute atomic E-state index is 0.0451. The summed E-state index contributed by atoms with van der Waals surface area (Å²) in [4.78, 5) is 27.8. The van der Waals surface area contributed by atoms with Gasteiger partial charge in [-0.2, -0.15) is 4.31 Å². The number of amides is 1. The molecule has 1 aromatic heterocycles. The van der Waals surface area contributed by atoms with Gasteiger partial charge in [0.2, 0.25) is 5.91 Å². The van der Waals surface area contributed by atoms with Gasteiger partial charge in [-0.3, -0.25) is 9.59 Å². The molecule has 156 valence electrons. The highest BCUT2D eigenvalue weighted by atomic mass is 32.2. The fourth-order valence-electron chi connectivity index (χ4n) is 3.93. The monoisotopic (exact) mass is 428 g/mol. The van der Waals surface area contributed by atoms with Crippen molar-refractivity contribution >= 4 is 33.2 Å². The number of hydrogen-bond donors (Lipinski definition) is 0. The molecule has 7 nitrogen and oxygen atoms in total. The summed E-state index contributed by atoms with van der Waals surface area (Å²) in [5.41, 5.74) is 0. The number of thiophene rings is 1. The summed E-state index contributed by atoms with van der Waals surface area (Å²) < 4.78 is 32.7. The van der Waals surface area contributed by atoms with Crippen molar-refractivity contribution in [2.45, 2.75) is 43.7 Å². The SMILES string of the molecule is CCOC(=O)[C@H]1CCCN(C(=O)[C@H]2CCCN(S(=O)(=O)c3ccc(C)s3)C2)C1. The van der Waals surface area contributed by atoms with Gasteiger partial charge in [0.15, 0.2) is 0 Å². The van der Waals surface area contributed by atoms with Crippen molar-refractivity contribution in [3.05, 3.63) is 17.0 Å². The van der Waals surface area contributed by atoms with Gasteiger partial charge in [-0.15, -0.1) is 11.3 Å². The quantitative estimate of drug-likeness (QED) is 0.672. The Labute approximate surface area is 170 Å². The lowest BCUT2D eigenvalue weighted by atomic mass is 9.94. The third-order valence-electron chi connectivity index (χ3n) is 5.40. The normalized spacial score (nSPS) is 24.1. The van der Waals surface area contributed by atoms with Crippen molar-refractivity contribution in [1.82, 2.24) is 9.21 Å². The molecular formula is C19H28N2O5S2. The highest BCUT2D eigenvalue weighted by Gasteiger charge is 2.37. The lowest BCUT2D eigenvalue weighted by Crippen LogP contribution is -2.50. The minimum Gasteiger partial charge on any atom is -0.466 e. The second kappa shape index (κ2) is 8.92.